The summed E-state index contributed by atoms with van der Waals surface area (Å²) in [6.07, 6.45) is 0.813. The molecule has 0 unspecified atom stereocenters. The molecule has 16 heavy (non-hydrogen) atoms. The number of aryl methyl sites for hydroxylation is 1. The molecule has 0 radical (unpaired) electrons. The Hall–Kier alpha value is -1.61. The summed E-state index contributed by atoms with van der Waals surface area (Å²) < 4.78 is 5.34. The van der Waals surface area contributed by atoms with Gasteiger partial charge in [-0.2, -0.15) is 0 Å². The van der Waals surface area contributed by atoms with Gasteiger partial charge in [-0.05, 0) is 37.2 Å². The minimum absolute atomic E-state index is 0.627. The van der Waals surface area contributed by atoms with Crippen molar-refractivity contribution in [2.75, 3.05) is 13.7 Å². The summed E-state index contributed by atoms with van der Waals surface area (Å²) in [6, 6.07) is 8.00. The Morgan fingerprint density at radius 3 is 2.88 bits per heavy atom. The Balaban J connectivity index is 2.65. The summed E-state index contributed by atoms with van der Waals surface area (Å²) in [6.45, 7) is 2.70. The van der Waals surface area contributed by atoms with Crippen LogP contribution in [0.15, 0.2) is 24.3 Å². The van der Waals surface area contributed by atoms with Gasteiger partial charge in [-0.15, -0.1) is 0 Å². The highest BCUT2D eigenvalue weighted by Gasteiger charge is 2.06. The average Bonchev–Trinajstić information content (AvgIpc) is 2.28. The van der Waals surface area contributed by atoms with E-state index in [-0.39, 0.29) is 0 Å². The molecule has 2 N–H and O–H groups in total. The van der Waals surface area contributed by atoms with Crippen molar-refractivity contribution in [3.63, 3.8) is 0 Å². The van der Waals surface area contributed by atoms with Crippen LogP contribution in [0.5, 0.6) is 5.75 Å². The Bertz CT molecular complexity index is 509. The lowest BCUT2D eigenvalue weighted by Crippen LogP contribution is -2.05. The molecule has 0 spiro atoms. The molecule has 3 nitrogen and oxygen atoms in total. The minimum Gasteiger partial charge on any atom is -0.496 e. The number of hydrogen-bond donors (Lipinski definition) is 1. The minimum atomic E-state index is 0.627. The number of methoxy groups -OCH3 is 1. The van der Waals surface area contributed by atoms with Crippen molar-refractivity contribution >= 4 is 10.9 Å². The first-order valence-electron chi connectivity index (χ1n) is 5.39. The molecule has 1 aromatic carbocycles. The standard InChI is InChI=1S/C13H16N2O/c1-9-8-10(6-7-14)15-11-4-3-5-12(16-2)13(9)11/h3-5,8H,6-7,14H2,1-2H3. The predicted molar refractivity (Wildman–Crippen MR) is 65.8 cm³/mol. The second-order valence-corrected chi connectivity index (χ2v) is 3.82. The fourth-order valence-corrected chi connectivity index (χ4v) is 1.96. The van der Waals surface area contributed by atoms with E-state index < -0.39 is 0 Å². The van der Waals surface area contributed by atoms with Crippen LogP contribution < -0.4 is 10.5 Å². The van der Waals surface area contributed by atoms with Crippen LogP contribution in [0, 0.1) is 6.92 Å². The third-order valence-electron chi connectivity index (χ3n) is 2.67. The lowest BCUT2D eigenvalue weighted by atomic mass is 10.1. The zero-order valence-electron chi connectivity index (χ0n) is 9.66. The van der Waals surface area contributed by atoms with Gasteiger partial charge in [-0.25, -0.2) is 0 Å². The van der Waals surface area contributed by atoms with E-state index >= 15 is 0 Å². The molecule has 0 atom stereocenters. The number of rotatable bonds is 3. The second-order valence-electron chi connectivity index (χ2n) is 3.82. The first-order valence-corrected chi connectivity index (χ1v) is 5.39. The maximum atomic E-state index is 5.55. The second kappa shape index (κ2) is 4.49. The molecule has 0 aliphatic carbocycles. The fraction of sp³-hybridized carbons (Fsp3) is 0.308. The number of nitrogens with two attached hydrogens (primary N) is 1. The summed E-state index contributed by atoms with van der Waals surface area (Å²) in [7, 11) is 1.68. The summed E-state index contributed by atoms with van der Waals surface area (Å²) >= 11 is 0. The highest BCUT2D eigenvalue weighted by molar-refractivity contribution is 5.88. The van der Waals surface area contributed by atoms with Gasteiger partial charge in [0.05, 0.1) is 12.6 Å². The first-order chi connectivity index (χ1) is 7.76. The van der Waals surface area contributed by atoms with Gasteiger partial charge in [0, 0.05) is 17.5 Å². The molecule has 2 aromatic rings. The smallest absolute Gasteiger partial charge is 0.128 e. The molecule has 3 heteroatoms. The first kappa shape index (κ1) is 10.9. The maximum absolute atomic E-state index is 5.55. The van der Waals surface area contributed by atoms with Gasteiger partial charge in [0.25, 0.3) is 0 Å². The summed E-state index contributed by atoms with van der Waals surface area (Å²) in [5.41, 5.74) is 8.75. The maximum Gasteiger partial charge on any atom is 0.128 e. The van der Waals surface area contributed by atoms with Gasteiger partial charge in [-0.1, -0.05) is 6.07 Å². The Morgan fingerprint density at radius 2 is 2.19 bits per heavy atom. The van der Waals surface area contributed by atoms with Gasteiger partial charge in [0.1, 0.15) is 5.75 Å². The van der Waals surface area contributed by atoms with Crippen molar-refractivity contribution in [2.45, 2.75) is 13.3 Å². The largest absolute Gasteiger partial charge is 0.496 e. The number of pyridine rings is 1. The third kappa shape index (κ3) is 1.86. The molecule has 0 amide bonds. The van der Waals surface area contributed by atoms with Crippen LogP contribution in [0.2, 0.25) is 0 Å². The Labute approximate surface area is 95.2 Å². The molecule has 0 aliphatic rings. The van der Waals surface area contributed by atoms with Gasteiger partial charge in [-0.3, -0.25) is 4.98 Å². The van der Waals surface area contributed by atoms with E-state index in [4.69, 9.17) is 10.5 Å². The molecule has 84 valence electrons. The quantitative estimate of drug-likeness (QED) is 0.854. The van der Waals surface area contributed by atoms with E-state index in [1.807, 2.05) is 18.2 Å². The van der Waals surface area contributed by atoms with Crippen LogP contribution in [-0.4, -0.2) is 18.6 Å². The van der Waals surface area contributed by atoms with Gasteiger partial charge in [0.15, 0.2) is 0 Å². The number of nitrogens with zero attached hydrogens (tertiary/aromatic N) is 1. The molecule has 0 fully saturated rings. The average molecular weight is 216 g/mol. The van der Waals surface area contributed by atoms with Crippen molar-refractivity contribution in [1.82, 2.24) is 4.98 Å². The molecule has 2 rings (SSSR count). The van der Waals surface area contributed by atoms with Crippen LogP contribution in [0.1, 0.15) is 11.3 Å². The highest BCUT2D eigenvalue weighted by Crippen LogP contribution is 2.27. The van der Waals surface area contributed by atoms with E-state index in [0.717, 1.165) is 28.8 Å². The molecule has 1 heterocycles. The monoisotopic (exact) mass is 216 g/mol. The topological polar surface area (TPSA) is 48.1 Å². The van der Waals surface area contributed by atoms with E-state index in [9.17, 15) is 0 Å². The molecule has 0 saturated heterocycles. The van der Waals surface area contributed by atoms with Crippen molar-refractivity contribution in [3.8, 4) is 5.75 Å². The Morgan fingerprint density at radius 1 is 1.38 bits per heavy atom. The molecular formula is C13H16N2O. The lowest BCUT2D eigenvalue weighted by molar-refractivity contribution is 0.419. The number of fused-ring (bicyclic) bond motifs is 1. The van der Waals surface area contributed by atoms with Crippen molar-refractivity contribution in [1.29, 1.82) is 0 Å². The van der Waals surface area contributed by atoms with E-state index in [1.165, 1.54) is 5.56 Å². The SMILES string of the molecule is COc1cccc2nc(CCN)cc(C)c12. The van der Waals surface area contributed by atoms with E-state index in [2.05, 4.69) is 18.0 Å². The molecule has 0 bridgehead atoms. The lowest BCUT2D eigenvalue weighted by Gasteiger charge is -2.09. The summed E-state index contributed by atoms with van der Waals surface area (Å²) in [5.74, 6) is 0.877. The van der Waals surface area contributed by atoms with E-state index in [1.54, 1.807) is 7.11 Å². The molecular weight excluding hydrogens is 200 g/mol. The fourth-order valence-electron chi connectivity index (χ4n) is 1.96. The zero-order chi connectivity index (χ0) is 11.5. The molecule has 0 saturated carbocycles. The van der Waals surface area contributed by atoms with E-state index in [0.29, 0.717) is 6.54 Å². The van der Waals surface area contributed by atoms with Crippen LogP contribution >= 0.6 is 0 Å². The van der Waals surface area contributed by atoms with Gasteiger partial charge in [0.2, 0.25) is 0 Å². The zero-order valence-corrected chi connectivity index (χ0v) is 9.66. The normalized spacial score (nSPS) is 10.7. The number of benzene rings is 1. The third-order valence-corrected chi connectivity index (χ3v) is 2.67. The van der Waals surface area contributed by atoms with Crippen molar-refractivity contribution < 1.29 is 4.74 Å². The molecule has 1 aromatic heterocycles. The summed E-state index contributed by atoms with van der Waals surface area (Å²) in [5, 5.41) is 1.09. The number of ether oxygens (including phenoxy) is 1. The van der Waals surface area contributed by atoms with Crippen LogP contribution in [0.4, 0.5) is 0 Å². The molecule has 0 aliphatic heterocycles. The number of aromatic nitrogens is 1. The number of hydrogen-bond acceptors (Lipinski definition) is 3. The predicted octanol–water partition coefficient (Wildman–Crippen LogP) is 2.05. The Kier molecular flexibility index (Phi) is 3.06. The van der Waals surface area contributed by atoms with Gasteiger partial charge >= 0.3 is 0 Å². The van der Waals surface area contributed by atoms with Crippen LogP contribution in [0.25, 0.3) is 10.9 Å². The van der Waals surface area contributed by atoms with Crippen molar-refractivity contribution in [2.24, 2.45) is 5.73 Å². The van der Waals surface area contributed by atoms with Crippen molar-refractivity contribution in [3.05, 3.63) is 35.5 Å². The highest BCUT2D eigenvalue weighted by atomic mass is 16.5. The summed E-state index contributed by atoms with van der Waals surface area (Å²) in [4.78, 5) is 4.57. The van der Waals surface area contributed by atoms with Crippen LogP contribution in [-0.2, 0) is 6.42 Å². The van der Waals surface area contributed by atoms with Crippen LogP contribution in [0.3, 0.4) is 0 Å². The van der Waals surface area contributed by atoms with Gasteiger partial charge < -0.3 is 10.5 Å².